The van der Waals surface area contributed by atoms with Crippen LogP contribution in [0.2, 0.25) is 0 Å². The maximum absolute atomic E-state index is 12.4. The van der Waals surface area contributed by atoms with E-state index >= 15 is 0 Å². The van der Waals surface area contributed by atoms with E-state index in [1.54, 1.807) is 7.11 Å². The second-order valence-corrected chi connectivity index (χ2v) is 7.77. The molecule has 0 fully saturated rings. The summed E-state index contributed by atoms with van der Waals surface area (Å²) in [6.45, 7) is 0. The summed E-state index contributed by atoms with van der Waals surface area (Å²) in [6, 6.07) is 9.41. The normalized spacial score (nSPS) is 11.6. The van der Waals surface area contributed by atoms with Gasteiger partial charge in [-0.2, -0.15) is 0 Å². The van der Waals surface area contributed by atoms with Crippen LogP contribution in [-0.4, -0.2) is 22.9 Å². The number of nitrogens with one attached hydrogen (secondary N) is 1. The number of fused-ring (bicyclic) bond motifs is 3. The number of hydrogen-bond donors (Lipinski definition) is 1. The van der Waals surface area contributed by atoms with Gasteiger partial charge in [0.15, 0.2) is 5.13 Å². The van der Waals surface area contributed by atoms with Gasteiger partial charge in [0, 0.05) is 39.0 Å². The predicted octanol–water partition coefficient (Wildman–Crippen LogP) is 4.65. The molecule has 136 valence electrons. The standard InChI is InChI=1S/C18H12BrN3O4S/c1-26-13-6-5-12(19)11-8-14-16(15(11)13)20-18(27-14)21-17(23)9-3-2-4-10(7-9)22(24)25/h2-7H,8H2,1H3,(H,20,21,23). The fourth-order valence-electron chi connectivity index (χ4n) is 3.01. The highest BCUT2D eigenvalue weighted by Gasteiger charge is 2.29. The maximum atomic E-state index is 12.4. The van der Waals surface area contributed by atoms with E-state index < -0.39 is 10.8 Å². The van der Waals surface area contributed by atoms with Gasteiger partial charge in [-0.15, -0.1) is 11.3 Å². The molecule has 0 saturated heterocycles. The largest absolute Gasteiger partial charge is 0.496 e. The van der Waals surface area contributed by atoms with Crippen molar-refractivity contribution in [3.63, 3.8) is 0 Å². The zero-order valence-electron chi connectivity index (χ0n) is 14.0. The second-order valence-electron chi connectivity index (χ2n) is 5.83. The molecule has 27 heavy (non-hydrogen) atoms. The van der Waals surface area contributed by atoms with Crippen molar-refractivity contribution in [1.29, 1.82) is 0 Å². The number of nitro benzene ring substituents is 1. The molecule has 4 rings (SSSR count). The lowest BCUT2D eigenvalue weighted by molar-refractivity contribution is -0.384. The zero-order chi connectivity index (χ0) is 19.1. The summed E-state index contributed by atoms with van der Waals surface area (Å²) in [4.78, 5) is 28.4. The molecule has 9 heteroatoms. The summed E-state index contributed by atoms with van der Waals surface area (Å²) in [5.74, 6) is 0.293. The van der Waals surface area contributed by atoms with Crippen LogP contribution in [0.15, 0.2) is 40.9 Å². The maximum Gasteiger partial charge on any atom is 0.270 e. The highest BCUT2D eigenvalue weighted by Crippen LogP contribution is 2.48. The molecule has 3 aromatic rings. The smallest absolute Gasteiger partial charge is 0.270 e. The van der Waals surface area contributed by atoms with E-state index in [9.17, 15) is 14.9 Å². The Morgan fingerprint density at radius 1 is 1.37 bits per heavy atom. The number of ether oxygens (including phenoxy) is 1. The van der Waals surface area contributed by atoms with Crippen molar-refractivity contribution in [3.05, 3.63) is 67.0 Å². The number of thiazole rings is 1. The Balaban J connectivity index is 1.63. The summed E-state index contributed by atoms with van der Waals surface area (Å²) < 4.78 is 6.45. The molecule has 0 aliphatic heterocycles. The molecule has 1 amide bonds. The number of benzene rings is 2. The third-order valence-corrected chi connectivity index (χ3v) is 5.96. The topological polar surface area (TPSA) is 94.4 Å². The van der Waals surface area contributed by atoms with Crippen LogP contribution in [0.3, 0.4) is 0 Å². The molecule has 0 spiro atoms. The number of halogens is 1. The first-order chi connectivity index (χ1) is 13.0. The van der Waals surface area contributed by atoms with E-state index in [4.69, 9.17) is 4.74 Å². The number of rotatable bonds is 4. The number of anilines is 1. The number of nitrogens with zero attached hydrogens (tertiary/aromatic N) is 2. The number of amides is 1. The molecule has 0 radical (unpaired) electrons. The van der Waals surface area contributed by atoms with Gasteiger partial charge in [-0.1, -0.05) is 22.0 Å². The molecule has 1 N–H and O–H groups in total. The minimum atomic E-state index is -0.532. The van der Waals surface area contributed by atoms with Gasteiger partial charge in [-0.25, -0.2) is 4.98 Å². The average Bonchev–Trinajstić information content (AvgIpc) is 3.20. The summed E-state index contributed by atoms with van der Waals surface area (Å²) in [5.41, 5.74) is 2.91. The molecule has 7 nitrogen and oxygen atoms in total. The van der Waals surface area contributed by atoms with Crippen LogP contribution in [0.5, 0.6) is 5.75 Å². The number of nitro groups is 1. The Morgan fingerprint density at radius 3 is 2.93 bits per heavy atom. The van der Waals surface area contributed by atoms with E-state index in [0.29, 0.717) is 11.6 Å². The van der Waals surface area contributed by atoms with Crippen LogP contribution in [0, 0.1) is 10.1 Å². The molecule has 1 aliphatic rings. The fourth-order valence-corrected chi connectivity index (χ4v) is 4.46. The minimum Gasteiger partial charge on any atom is -0.496 e. The highest BCUT2D eigenvalue weighted by atomic mass is 79.9. The first kappa shape index (κ1) is 17.6. The van der Waals surface area contributed by atoms with Crippen molar-refractivity contribution in [2.75, 3.05) is 12.4 Å². The van der Waals surface area contributed by atoms with Gasteiger partial charge in [-0.3, -0.25) is 20.2 Å². The molecule has 1 aromatic heterocycles. The lowest BCUT2D eigenvalue weighted by Crippen LogP contribution is -2.11. The van der Waals surface area contributed by atoms with Crippen LogP contribution < -0.4 is 10.1 Å². The van der Waals surface area contributed by atoms with Crippen LogP contribution in [0.25, 0.3) is 11.3 Å². The van der Waals surface area contributed by atoms with Crippen LogP contribution in [0.1, 0.15) is 20.8 Å². The second kappa shape index (κ2) is 6.75. The Kier molecular flexibility index (Phi) is 4.40. The predicted molar refractivity (Wildman–Crippen MR) is 106 cm³/mol. The minimum absolute atomic E-state index is 0.132. The number of carbonyl (C=O) groups is 1. The van der Waals surface area contributed by atoms with Crippen molar-refractivity contribution < 1.29 is 14.5 Å². The molecule has 1 heterocycles. The number of non-ortho nitro benzene ring substituents is 1. The number of carbonyl (C=O) groups excluding carboxylic acids is 1. The van der Waals surface area contributed by atoms with Crippen LogP contribution in [0.4, 0.5) is 10.8 Å². The summed E-state index contributed by atoms with van der Waals surface area (Å²) in [7, 11) is 1.61. The summed E-state index contributed by atoms with van der Waals surface area (Å²) >= 11 is 4.95. The van der Waals surface area contributed by atoms with Crippen molar-refractivity contribution >= 4 is 44.0 Å². The Hall–Kier alpha value is -2.78. The molecule has 1 aliphatic carbocycles. The molecule has 0 atom stereocenters. The molecular weight excluding hydrogens is 434 g/mol. The van der Waals surface area contributed by atoms with E-state index in [0.717, 1.165) is 31.9 Å². The molecular formula is C18H12BrN3O4S. The summed E-state index contributed by atoms with van der Waals surface area (Å²) in [5, 5.41) is 14.1. The fraction of sp³-hybridized carbons (Fsp3) is 0.111. The van der Waals surface area contributed by atoms with Gasteiger partial charge in [0.2, 0.25) is 0 Å². The quantitative estimate of drug-likeness (QED) is 0.364. The average molecular weight is 446 g/mol. The number of hydrogen-bond acceptors (Lipinski definition) is 6. The van der Waals surface area contributed by atoms with E-state index in [2.05, 4.69) is 26.2 Å². The Morgan fingerprint density at radius 2 is 2.19 bits per heavy atom. The highest BCUT2D eigenvalue weighted by molar-refractivity contribution is 9.10. The van der Waals surface area contributed by atoms with Crippen LogP contribution >= 0.6 is 27.3 Å². The zero-order valence-corrected chi connectivity index (χ0v) is 16.4. The number of methoxy groups -OCH3 is 1. The molecule has 0 unspecified atom stereocenters. The van der Waals surface area contributed by atoms with E-state index in [-0.39, 0.29) is 11.3 Å². The van der Waals surface area contributed by atoms with Crippen molar-refractivity contribution in [2.24, 2.45) is 0 Å². The van der Waals surface area contributed by atoms with Gasteiger partial charge in [0.1, 0.15) is 5.75 Å². The van der Waals surface area contributed by atoms with E-state index in [1.807, 2.05) is 12.1 Å². The van der Waals surface area contributed by atoms with Crippen molar-refractivity contribution in [2.45, 2.75) is 6.42 Å². The molecule has 2 aromatic carbocycles. The monoisotopic (exact) mass is 445 g/mol. The lowest BCUT2D eigenvalue weighted by Gasteiger charge is -2.09. The first-order valence-electron chi connectivity index (χ1n) is 7.89. The third-order valence-electron chi connectivity index (χ3n) is 4.25. The van der Waals surface area contributed by atoms with Gasteiger partial charge >= 0.3 is 0 Å². The lowest BCUT2D eigenvalue weighted by atomic mass is 10.1. The first-order valence-corrected chi connectivity index (χ1v) is 9.50. The van der Waals surface area contributed by atoms with Gasteiger partial charge in [0.25, 0.3) is 11.6 Å². The molecule has 0 bridgehead atoms. The van der Waals surface area contributed by atoms with Crippen LogP contribution in [-0.2, 0) is 6.42 Å². The summed E-state index contributed by atoms with van der Waals surface area (Å²) in [6.07, 6.45) is 0.701. The third kappa shape index (κ3) is 3.08. The van der Waals surface area contributed by atoms with E-state index in [1.165, 1.54) is 35.6 Å². The Labute approximate surface area is 166 Å². The van der Waals surface area contributed by atoms with Crippen molar-refractivity contribution in [3.8, 4) is 17.0 Å². The molecule has 0 saturated carbocycles. The number of aromatic nitrogens is 1. The van der Waals surface area contributed by atoms with Gasteiger partial charge < -0.3 is 4.74 Å². The van der Waals surface area contributed by atoms with Crippen molar-refractivity contribution in [1.82, 2.24) is 4.98 Å². The van der Waals surface area contributed by atoms with Gasteiger partial charge in [-0.05, 0) is 23.8 Å². The Bertz CT molecular complexity index is 1100. The SMILES string of the molecule is COc1ccc(Br)c2c1-c1nc(NC(=O)c3cccc([N+](=O)[O-])c3)sc1C2. The van der Waals surface area contributed by atoms with Gasteiger partial charge in [0.05, 0.1) is 17.7 Å².